The van der Waals surface area contributed by atoms with E-state index in [1.165, 1.54) is 18.4 Å². The van der Waals surface area contributed by atoms with E-state index in [9.17, 15) is 0 Å². The van der Waals surface area contributed by atoms with Crippen LogP contribution in [0.2, 0.25) is 0 Å². The van der Waals surface area contributed by atoms with Gasteiger partial charge < -0.3 is 11.1 Å². The molecule has 1 saturated carbocycles. The van der Waals surface area contributed by atoms with Gasteiger partial charge >= 0.3 is 0 Å². The van der Waals surface area contributed by atoms with Gasteiger partial charge in [-0.15, -0.1) is 12.4 Å². The minimum atomic E-state index is 0. The lowest BCUT2D eigenvalue weighted by Gasteiger charge is -2.26. The van der Waals surface area contributed by atoms with E-state index < -0.39 is 0 Å². The van der Waals surface area contributed by atoms with Crippen molar-refractivity contribution in [1.29, 1.82) is 0 Å². The van der Waals surface area contributed by atoms with E-state index in [1.54, 1.807) is 0 Å². The third-order valence-electron chi connectivity index (χ3n) is 3.16. The molecule has 1 aromatic heterocycles. The lowest BCUT2D eigenvalue weighted by Crippen LogP contribution is -2.37. The topological polar surface area (TPSA) is 50.9 Å². The number of aromatic nitrogens is 1. The maximum Gasteiger partial charge on any atom is 0.106 e. The van der Waals surface area contributed by atoms with Gasteiger partial charge in [-0.25, -0.2) is 4.98 Å². The van der Waals surface area contributed by atoms with Crippen molar-refractivity contribution in [2.45, 2.75) is 44.3 Å². The van der Waals surface area contributed by atoms with E-state index >= 15 is 0 Å². The van der Waals surface area contributed by atoms with Crippen molar-refractivity contribution in [3.05, 3.63) is 28.5 Å². The van der Waals surface area contributed by atoms with Crippen LogP contribution in [0.15, 0.2) is 22.9 Å². The number of hydrogen-bond donors (Lipinski definition) is 2. The summed E-state index contributed by atoms with van der Waals surface area (Å²) in [6.07, 6.45) is 6.61. The summed E-state index contributed by atoms with van der Waals surface area (Å²) in [5.74, 6) is 0. The van der Waals surface area contributed by atoms with Crippen molar-refractivity contribution in [1.82, 2.24) is 10.3 Å². The molecular formula is C12H19BrClN3. The summed E-state index contributed by atoms with van der Waals surface area (Å²) in [5.41, 5.74) is 7.11. The molecule has 2 rings (SSSR count). The van der Waals surface area contributed by atoms with Crippen LogP contribution in [0.3, 0.4) is 0 Å². The number of pyridine rings is 1. The van der Waals surface area contributed by atoms with Crippen LogP contribution in [0, 0.1) is 0 Å². The number of nitrogens with zero attached hydrogens (tertiary/aromatic N) is 1. The third-order valence-corrected chi connectivity index (χ3v) is 3.62. The first-order valence-corrected chi connectivity index (χ1v) is 6.63. The van der Waals surface area contributed by atoms with Crippen LogP contribution in [-0.2, 0) is 6.54 Å². The second-order valence-electron chi connectivity index (χ2n) is 4.48. The number of nitrogens with one attached hydrogen (secondary N) is 1. The first kappa shape index (κ1) is 14.9. The smallest absolute Gasteiger partial charge is 0.106 e. The molecule has 0 atom stereocenters. The maximum absolute atomic E-state index is 5.88. The molecule has 0 unspecified atom stereocenters. The molecule has 1 aliphatic carbocycles. The Morgan fingerprint density at radius 2 is 2.00 bits per heavy atom. The predicted octanol–water partition coefficient (Wildman–Crippen LogP) is 2.63. The Labute approximate surface area is 117 Å². The van der Waals surface area contributed by atoms with E-state index in [0.717, 1.165) is 24.0 Å². The largest absolute Gasteiger partial charge is 0.328 e. The normalized spacial score (nSPS) is 24.1. The fourth-order valence-electron chi connectivity index (χ4n) is 2.10. The molecule has 1 fully saturated rings. The zero-order valence-electron chi connectivity index (χ0n) is 9.73. The van der Waals surface area contributed by atoms with Crippen LogP contribution < -0.4 is 11.1 Å². The van der Waals surface area contributed by atoms with Gasteiger partial charge in [0.15, 0.2) is 0 Å². The van der Waals surface area contributed by atoms with Gasteiger partial charge in [0.25, 0.3) is 0 Å². The molecule has 5 heteroatoms. The van der Waals surface area contributed by atoms with Gasteiger partial charge in [-0.05, 0) is 53.2 Å². The van der Waals surface area contributed by atoms with Gasteiger partial charge in [0, 0.05) is 24.8 Å². The van der Waals surface area contributed by atoms with Crippen LogP contribution in [0.25, 0.3) is 0 Å². The van der Waals surface area contributed by atoms with Crippen molar-refractivity contribution >= 4 is 28.3 Å². The fourth-order valence-corrected chi connectivity index (χ4v) is 2.33. The minimum Gasteiger partial charge on any atom is -0.328 e. The first-order valence-electron chi connectivity index (χ1n) is 5.83. The number of rotatable bonds is 3. The third kappa shape index (κ3) is 4.92. The Hall–Kier alpha value is -0.160. The van der Waals surface area contributed by atoms with Gasteiger partial charge in [0.05, 0.1) is 0 Å². The average Bonchev–Trinajstić information content (AvgIpc) is 2.30. The zero-order valence-corrected chi connectivity index (χ0v) is 12.1. The molecule has 0 amide bonds. The number of hydrogen-bond acceptors (Lipinski definition) is 3. The second kappa shape index (κ2) is 7.31. The summed E-state index contributed by atoms with van der Waals surface area (Å²) in [6.45, 7) is 0.903. The van der Waals surface area contributed by atoms with Crippen LogP contribution >= 0.6 is 28.3 Å². The van der Waals surface area contributed by atoms with E-state index in [1.807, 2.05) is 12.3 Å². The average molecular weight is 321 g/mol. The van der Waals surface area contributed by atoms with E-state index in [4.69, 9.17) is 5.73 Å². The van der Waals surface area contributed by atoms with Crippen molar-refractivity contribution < 1.29 is 0 Å². The number of halogens is 2. The molecule has 96 valence electrons. The molecular weight excluding hydrogens is 302 g/mol. The number of nitrogens with two attached hydrogens (primary N) is 1. The molecule has 0 spiro atoms. The maximum atomic E-state index is 5.88. The Balaban J connectivity index is 0.00000144. The highest BCUT2D eigenvalue weighted by Crippen LogP contribution is 2.17. The second-order valence-corrected chi connectivity index (χ2v) is 5.29. The summed E-state index contributed by atoms with van der Waals surface area (Å²) in [6, 6.07) is 5.13. The van der Waals surface area contributed by atoms with Crippen molar-refractivity contribution in [2.75, 3.05) is 0 Å². The standard InChI is InChI=1S/C12H18BrN3.ClH/c13-12-6-1-9(8-16-12)7-15-11-4-2-10(14)3-5-11;/h1,6,8,10-11,15H,2-5,7,14H2;1H. The van der Waals surface area contributed by atoms with Gasteiger partial charge in [-0.3, -0.25) is 0 Å². The van der Waals surface area contributed by atoms with Gasteiger partial charge in [0.1, 0.15) is 4.60 Å². The summed E-state index contributed by atoms with van der Waals surface area (Å²) in [7, 11) is 0. The molecule has 0 saturated heterocycles. The summed E-state index contributed by atoms with van der Waals surface area (Å²) < 4.78 is 0.889. The zero-order chi connectivity index (χ0) is 11.4. The summed E-state index contributed by atoms with van der Waals surface area (Å²) in [4.78, 5) is 4.21. The molecule has 17 heavy (non-hydrogen) atoms. The SMILES string of the molecule is Cl.NC1CCC(NCc2ccc(Br)nc2)CC1. The molecule has 0 bridgehead atoms. The molecule has 0 radical (unpaired) electrons. The quantitative estimate of drug-likeness (QED) is 0.842. The highest BCUT2D eigenvalue weighted by atomic mass is 79.9. The Bertz CT molecular complexity index is 323. The summed E-state index contributed by atoms with van der Waals surface area (Å²) in [5, 5.41) is 3.57. The van der Waals surface area contributed by atoms with Crippen molar-refractivity contribution in [2.24, 2.45) is 5.73 Å². The first-order chi connectivity index (χ1) is 7.74. The van der Waals surface area contributed by atoms with E-state index in [-0.39, 0.29) is 12.4 Å². The van der Waals surface area contributed by atoms with Gasteiger partial charge in [-0.1, -0.05) is 6.07 Å². The Kier molecular flexibility index (Phi) is 6.41. The van der Waals surface area contributed by atoms with Crippen LogP contribution in [0.4, 0.5) is 0 Å². The fraction of sp³-hybridized carbons (Fsp3) is 0.583. The monoisotopic (exact) mass is 319 g/mol. The minimum absolute atomic E-state index is 0. The highest BCUT2D eigenvalue weighted by Gasteiger charge is 2.17. The van der Waals surface area contributed by atoms with Gasteiger partial charge in [0.2, 0.25) is 0 Å². The molecule has 0 aromatic carbocycles. The highest BCUT2D eigenvalue weighted by molar-refractivity contribution is 9.10. The predicted molar refractivity (Wildman–Crippen MR) is 76.3 cm³/mol. The summed E-state index contributed by atoms with van der Waals surface area (Å²) >= 11 is 3.33. The van der Waals surface area contributed by atoms with Gasteiger partial charge in [-0.2, -0.15) is 0 Å². The Morgan fingerprint density at radius 1 is 1.29 bits per heavy atom. The lowest BCUT2D eigenvalue weighted by molar-refractivity contribution is 0.341. The van der Waals surface area contributed by atoms with E-state index in [2.05, 4.69) is 32.3 Å². The molecule has 3 N–H and O–H groups in total. The molecule has 3 nitrogen and oxygen atoms in total. The van der Waals surface area contributed by atoms with Crippen molar-refractivity contribution in [3.8, 4) is 0 Å². The van der Waals surface area contributed by atoms with Crippen LogP contribution in [0.1, 0.15) is 31.2 Å². The molecule has 0 aliphatic heterocycles. The lowest BCUT2D eigenvalue weighted by atomic mass is 9.92. The molecule has 1 heterocycles. The van der Waals surface area contributed by atoms with Crippen LogP contribution in [-0.4, -0.2) is 17.1 Å². The Morgan fingerprint density at radius 3 is 2.59 bits per heavy atom. The van der Waals surface area contributed by atoms with E-state index in [0.29, 0.717) is 12.1 Å². The molecule has 1 aliphatic rings. The van der Waals surface area contributed by atoms with Crippen molar-refractivity contribution in [3.63, 3.8) is 0 Å². The van der Waals surface area contributed by atoms with Crippen LogP contribution in [0.5, 0.6) is 0 Å². The molecule has 1 aromatic rings.